The highest BCUT2D eigenvalue weighted by Crippen LogP contribution is 2.35. The van der Waals surface area contributed by atoms with Crippen LogP contribution in [0.1, 0.15) is 43.5 Å². The number of ether oxygens (including phenoxy) is 5. The Bertz CT molecular complexity index is 1120. The van der Waals surface area contributed by atoms with Crippen molar-refractivity contribution in [2.45, 2.75) is 44.9 Å². The number of aromatic nitrogens is 1. The van der Waals surface area contributed by atoms with Gasteiger partial charge in [0.2, 0.25) is 0 Å². The zero-order chi connectivity index (χ0) is 29.9. The predicted octanol–water partition coefficient (Wildman–Crippen LogP) is 1.71. The molecule has 0 fully saturated rings. The highest BCUT2D eigenvalue weighted by Gasteiger charge is 2.50. The fourth-order valence-electron chi connectivity index (χ4n) is 4.82. The van der Waals surface area contributed by atoms with Gasteiger partial charge in [-0.25, -0.2) is 0 Å². The highest BCUT2D eigenvalue weighted by atomic mass is 16.6. The number of Topliss-reactive ketones (excluding diaryl/α,β-unsaturated/α-hetero) is 1. The number of ketones is 1. The minimum atomic E-state index is -1.93. The van der Waals surface area contributed by atoms with Crippen LogP contribution in [0, 0.1) is 16.7 Å². The summed E-state index contributed by atoms with van der Waals surface area (Å²) in [4.78, 5) is 82.0. The zero-order valence-corrected chi connectivity index (χ0v) is 23.4. The molecule has 0 N–H and O–H groups in total. The molecule has 0 saturated carbocycles. The largest absolute Gasteiger partial charge is 0.469 e. The van der Waals surface area contributed by atoms with E-state index in [2.05, 4.69) is 4.98 Å². The van der Waals surface area contributed by atoms with Crippen molar-refractivity contribution < 1.29 is 52.5 Å². The van der Waals surface area contributed by atoms with Crippen molar-refractivity contribution in [2.24, 2.45) is 16.7 Å². The van der Waals surface area contributed by atoms with Gasteiger partial charge in [0, 0.05) is 37.1 Å². The van der Waals surface area contributed by atoms with Crippen LogP contribution in [-0.2, 0) is 65.3 Å². The van der Waals surface area contributed by atoms with Gasteiger partial charge in [0.15, 0.2) is 10.8 Å². The van der Waals surface area contributed by atoms with Gasteiger partial charge in [-0.2, -0.15) is 0 Å². The minimum Gasteiger partial charge on any atom is -0.469 e. The number of carbonyl (C=O) groups is 6. The second-order valence-electron chi connectivity index (χ2n) is 9.48. The normalized spacial score (nSPS) is 19.8. The summed E-state index contributed by atoms with van der Waals surface area (Å²) in [5.41, 5.74) is -3.23. The van der Waals surface area contributed by atoms with Gasteiger partial charge in [-0.3, -0.25) is 33.8 Å². The molecule has 1 atom stereocenters. The van der Waals surface area contributed by atoms with Crippen LogP contribution in [-0.4, -0.2) is 76.2 Å². The molecular formula is C28H35NO11. The number of hydrogen-bond acceptors (Lipinski definition) is 12. The molecule has 1 aliphatic rings. The van der Waals surface area contributed by atoms with Crippen molar-refractivity contribution in [3.05, 3.63) is 41.7 Å². The number of rotatable bonds is 5. The van der Waals surface area contributed by atoms with Gasteiger partial charge in [0.25, 0.3) is 0 Å². The highest BCUT2D eigenvalue weighted by molar-refractivity contribution is 6.01. The van der Waals surface area contributed by atoms with E-state index in [0.29, 0.717) is 0 Å². The molecule has 2 rings (SSSR count). The monoisotopic (exact) mass is 561 g/mol. The summed E-state index contributed by atoms with van der Waals surface area (Å²) >= 11 is 0. The van der Waals surface area contributed by atoms with Crippen LogP contribution in [0.4, 0.5) is 0 Å². The Balaban J connectivity index is 2.74. The molecule has 2 heterocycles. The van der Waals surface area contributed by atoms with Crippen LogP contribution >= 0.6 is 0 Å². The number of methoxy groups -OCH3 is 5. The Kier molecular flexibility index (Phi) is 11.5. The van der Waals surface area contributed by atoms with Crippen LogP contribution in [0.15, 0.2) is 30.4 Å². The molecule has 0 radical (unpaired) electrons. The summed E-state index contributed by atoms with van der Waals surface area (Å²) in [5, 5.41) is 0. The lowest BCUT2D eigenvalue weighted by Crippen LogP contribution is -2.44. The maximum absolute atomic E-state index is 13.0. The van der Waals surface area contributed by atoms with Gasteiger partial charge in [0.1, 0.15) is 5.78 Å². The maximum Gasteiger partial charge on any atom is 0.323 e. The molecule has 0 amide bonds. The van der Waals surface area contributed by atoms with Gasteiger partial charge >= 0.3 is 29.8 Å². The summed E-state index contributed by atoms with van der Waals surface area (Å²) in [6.45, 7) is 0. The number of esters is 5. The zero-order valence-electron chi connectivity index (χ0n) is 23.4. The molecule has 1 aromatic rings. The first kappa shape index (κ1) is 32.1. The van der Waals surface area contributed by atoms with E-state index in [-0.39, 0.29) is 56.3 Å². The van der Waals surface area contributed by atoms with E-state index in [1.54, 1.807) is 30.4 Å². The molecule has 40 heavy (non-hydrogen) atoms. The molecule has 1 aromatic heterocycles. The van der Waals surface area contributed by atoms with E-state index in [1.165, 1.54) is 7.11 Å². The summed E-state index contributed by atoms with van der Waals surface area (Å²) in [7, 11) is 5.69. The number of hydrogen-bond donors (Lipinski definition) is 0. The first-order valence-corrected chi connectivity index (χ1v) is 12.6. The molecule has 2 bridgehead atoms. The third kappa shape index (κ3) is 7.10. The number of nitrogens with zero attached hydrogens (tertiary/aromatic N) is 1. The van der Waals surface area contributed by atoms with Gasteiger partial charge in [-0.1, -0.05) is 18.2 Å². The summed E-state index contributed by atoms with van der Waals surface area (Å²) < 4.78 is 24.7. The minimum absolute atomic E-state index is 0.0592. The quantitative estimate of drug-likeness (QED) is 0.222. The molecule has 0 aliphatic carbocycles. The first-order valence-electron chi connectivity index (χ1n) is 12.6. The van der Waals surface area contributed by atoms with Crippen LogP contribution in [0.2, 0.25) is 0 Å². The Morgan fingerprint density at radius 1 is 0.750 bits per heavy atom. The van der Waals surface area contributed by atoms with E-state index in [0.717, 1.165) is 28.4 Å². The van der Waals surface area contributed by atoms with Gasteiger partial charge in [0.05, 0.1) is 41.5 Å². The van der Waals surface area contributed by atoms with Crippen LogP contribution in [0.5, 0.6) is 0 Å². The summed E-state index contributed by atoms with van der Waals surface area (Å²) in [5.74, 6) is -5.50. The van der Waals surface area contributed by atoms with Crippen molar-refractivity contribution in [1.82, 2.24) is 4.98 Å². The fourth-order valence-corrected chi connectivity index (χ4v) is 4.82. The molecule has 0 saturated heterocycles. The second-order valence-corrected chi connectivity index (χ2v) is 9.48. The second kappa shape index (κ2) is 14.3. The smallest absolute Gasteiger partial charge is 0.323 e. The lowest BCUT2D eigenvalue weighted by molar-refractivity contribution is -0.171. The molecule has 1 aliphatic heterocycles. The molecular weight excluding hydrogens is 526 g/mol. The van der Waals surface area contributed by atoms with E-state index in [1.807, 2.05) is 0 Å². The SMILES string of the molecule is COC(=O)C1C/C=C/CC(C(=O)OC)(C(=O)OC)Cc2cccc(n2)CC(C(=O)OC)(C(=O)OC)CCC(=O)C1. The molecule has 12 heteroatoms. The number of pyridine rings is 1. The van der Waals surface area contributed by atoms with Crippen LogP contribution in [0.25, 0.3) is 0 Å². The summed E-state index contributed by atoms with van der Waals surface area (Å²) in [6.07, 6.45) is 1.76. The van der Waals surface area contributed by atoms with E-state index < -0.39 is 52.4 Å². The molecule has 12 nitrogen and oxygen atoms in total. The topological polar surface area (TPSA) is 161 Å². The fraction of sp³-hybridized carbons (Fsp3) is 0.536. The van der Waals surface area contributed by atoms with E-state index in [9.17, 15) is 28.8 Å². The molecule has 0 aromatic carbocycles. The van der Waals surface area contributed by atoms with Gasteiger partial charge in [-0.15, -0.1) is 0 Å². The van der Waals surface area contributed by atoms with Crippen molar-refractivity contribution in [3.8, 4) is 0 Å². The molecule has 1 unspecified atom stereocenters. The molecule has 0 spiro atoms. The van der Waals surface area contributed by atoms with Crippen molar-refractivity contribution in [3.63, 3.8) is 0 Å². The lowest BCUT2D eigenvalue weighted by atomic mass is 9.77. The maximum atomic E-state index is 13.0. The van der Waals surface area contributed by atoms with E-state index in [4.69, 9.17) is 23.7 Å². The van der Waals surface area contributed by atoms with Crippen molar-refractivity contribution in [1.29, 1.82) is 0 Å². The average molecular weight is 562 g/mol. The van der Waals surface area contributed by atoms with Crippen LogP contribution < -0.4 is 0 Å². The Morgan fingerprint density at radius 2 is 1.25 bits per heavy atom. The van der Waals surface area contributed by atoms with Crippen molar-refractivity contribution in [2.75, 3.05) is 35.5 Å². The average Bonchev–Trinajstić information content (AvgIpc) is 2.97. The van der Waals surface area contributed by atoms with E-state index >= 15 is 0 Å². The summed E-state index contributed by atoms with van der Waals surface area (Å²) in [6, 6.07) is 4.73. The molecule has 218 valence electrons. The Morgan fingerprint density at radius 3 is 1.75 bits per heavy atom. The van der Waals surface area contributed by atoms with Gasteiger partial charge in [-0.05, 0) is 31.4 Å². The number of allylic oxidation sites excluding steroid dienone is 2. The first-order chi connectivity index (χ1) is 19.0. The lowest BCUT2D eigenvalue weighted by Gasteiger charge is -2.29. The van der Waals surface area contributed by atoms with Gasteiger partial charge < -0.3 is 23.7 Å². The Labute approximate surface area is 232 Å². The predicted molar refractivity (Wildman–Crippen MR) is 137 cm³/mol. The van der Waals surface area contributed by atoms with Crippen LogP contribution in [0.3, 0.4) is 0 Å². The number of carbonyl (C=O) groups excluding carboxylic acids is 6. The standard InChI is InChI=1S/C28H35NO11/c1-36-22(31)18-9-6-7-13-27(23(32)37-2,24(33)38-3)16-19-10-8-11-20(29-19)17-28(25(34)39-4,26(35)40-5)14-12-21(30)15-18/h6-8,10-11,18H,9,12-17H2,1-5H3/b7-6+. The number of fused-ring (bicyclic) bond motifs is 2. The third-order valence-electron chi connectivity index (χ3n) is 7.03. The van der Waals surface area contributed by atoms with Crippen molar-refractivity contribution >= 4 is 35.6 Å². The Hall–Kier alpha value is -4.09. The third-order valence-corrected chi connectivity index (χ3v) is 7.03.